The molecule has 9 nitrogen and oxygen atoms in total. The Bertz CT molecular complexity index is 1650. The summed E-state index contributed by atoms with van der Waals surface area (Å²) in [6.45, 7) is 2.56. The summed E-state index contributed by atoms with van der Waals surface area (Å²) in [6.07, 6.45) is 3.91. The minimum Gasteiger partial charge on any atom is -0.503 e. The Hall–Kier alpha value is -3.95. The summed E-state index contributed by atoms with van der Waals surface area (Å²) >= 11 is 12.8. The van der Waals surface area contributed by atoms with E-state index in [1.54, 1.807) is 0 Å². The first kappa shape index (κ1) is 29.0. The van der Waals surface area contributed by atoms with Crippen molar-refractivity contribution in [2.75, 3.05) is 20.8 Å². The molecule has 11 heteroatoms. The molecule has 3 N–H and O–H groups in total. The van der Waals surface area contributed by atoms with E-state index in [4.69, 9.17) is 37.1 Å². The number of phenols is 1. The molecule has 0 radical (unpaired) electrons. The minimum atomic E-state index is -1.26. The van der Waals surface area contributed by atoms with Gasteiger partial charge in [-0.1, -0.05) is 49.4 Å². The van der Waals surface area contributed by atoms with E-state index in [2.05, 4.69) is 12.2 Å². The van der Waals surface area contributed by atoms with E-state index in [1.807, 2.05) is 0 Å². The molecule has 1 aliphatic heterocycles. The number of carboxylic acids is 1. The summed E-state index contributed by atoms with van der Waals surface area (Å²) < 4.78 is 16.4. The monoisotopic (exact) mass is 587 g/mol. The molecule has 40 heavy (non-hydrogen) atoms. The van der Waals surface area contributed by atoms with Gasteiger partial charge in [0.1, 0.15) is 10.0 Å². The number of benzene rings is 3. The van der Waals surface area contributed by atoms with Crippen molar-refractivity contribution >= 4 is 46.0 Å². The SMILES string of the molecule is CCCCCCNC(=O)c1ccc(C(=O)O)c(-c2c3cc(OC)c(=O)c(Cl)c-3oc3c(Cl)c(O)c(OC)cc23)c1. The lowest BCUT2D eigenvalue weighted by Crippen LogP contribution is -2.24. The third kappa shape index (κ3) is 5.26. The molecule has 0 atom stereocenters. The molecule has 1 aliphatic carbocycles. The summed E-state index contributed by atoms with van der Waals surface area (Å²) in [5.41, 5.74) is -0.0856. The number of aromatic carboxylic acids is 1. The molecular weight excluding hydrogens is 561 g/mol. The normalized spacial score (nSPS) is 11.1. The first-order valence-electron chi connectivity index (χ1n) is 12.5. The van der Waals surface area contributed by atoms with Crippen LogP contribution < -0.4 is 20.2 Å². The number of methoxy groups -OCH3 is 2. The Balaban J connectivity index is 2.06. The second kappa shape index (κ2) is 12.1. The zero-order valence-electron chi connectivity index (χ0n) is 22.0. The zero-order valence-corrected chi connectivity index (χ0v) is 23.5. The van der Waals surface area contributed by atoms with Crippen LogP contribution in [0, 0.1) is 0 Å². The Morgan fingerprint density at radius 1 is 0.975 bits per heavy atom. The highest BCUT2D eigenvalue weighted by Gasteiger charge is 2.29. The molecular formula is C29H27Cl2NO8. The molecule has 0 unspecified atom stereocenters. The van der Waals surface area contributed by atoms with E-state index in [0.29, 0.717) is 6.54 Å². The molecule has 2 aromatic rings. The number of amides is 1. The zero-order chi connectivity index (χ0) is 29.1. The van der Waals surface area contributed by atoms with E-state index in [1.165, 1.54) is 44.6 Å². The largest absolute Gasteiger partial charge is 0.503 e. The number of phenolic OH excluding ortho intramolecular Hbond substituents is 1. The van der Waals surface area contributed by atoms with Gasteiger partial charge in [-0.25, -0.2) is 4.79 Å². The lowest BCUT2D eigenvalue weighted by Gasteiger charge is -2.20. The van der Waals surface area contributed by atoms with Gasteiger partial charge in [0.2, 0.25) is 5.43 Å². The number of fused-ring (bicyclic) bond motifs is 2. The van der Waals surface area contributed by atoms with Gasteiger partial charge in [-0.2, -0.15) is 0 Å². The molecule has 0 bridgehead atoms. The first-order valence-corrected chi connectivity index (χ1v) is 13.3. The average molecular weight is 588 g/mol. The first-order chi connectivity index (χ1) is 19.1. The third-order valence-electron chi connectivity index (χ3n) is 6.58. The molecule has 210 valence electrons. The van der Waals surface area contributed by atoms with Gasteiger partial charge in [0.15, 0.2) is 28.6 Å². The van der Waals surface area contributed by atoms with Gasteiger partial charge < -0.3 is 29.4 Å². The summed E-state index contributed by atoms with van der Waals surface area (Å²) in [7, 11) is 2.62. The molecule has 0 fully saturated rings. The van der Waals surface area contributed by atoms with E-state index in [9.17, 15) is 24.6 Å². The van der Waals surface area contributed by atoms with Gasteiger partial charge in [0, 0.05) is 28.6 Å². The molecule has 0 saturated carbocycles. The Morgan fingerprint density at radius 2 is 1.70 bits per heavy atom. The Labute approximate surface area is 239 Å². The van der Waals surface area contributed by atoms with Crippen LogP contribution in [-0.2, 0) is 0 Å². The highest BCUT2D eigenvalue weighted by molar-refractivity contribution is 6.38. The Kier molecular flexibility index (Phi) is 8.76. The van der Waals surface area contributed by atoms with E-state index in [0.717, 1.165) is 25.7 Å². The smallest absolute Gasteiger partial charge is 0.336 e. The fourth-order valence-corrected chi connectivity index (χ4v) is 5.01. The number of halogens is 2. The fraction of sp³-hybridized carbons (Fsp3) is 0.276. The maximum absolute atomic E-state index is 13.0. The number of carboxylic acid groups (broad SMARTS) is 1. The molecule has 2 aliphatic rings. The van der Waals surface area contributed by atoms with Crippen molar-refractivity contribution in [3.05, 3.63) is 61.7 Å². The van der Waals surface area contributed by atoms with Crippen LogP contribution in [0.25, 0.3) is 33.4 Å². The van der Waals surface area contributed by atoms with Crippen LogP contribution in [0.4, 0.5) is 0 Å². The van der Waals surface area contributed by atoms with Crippen LogP contribution in [0.1, 0.15) is 53.3 Å². The van der Waals surface area contributed by atoms with Crippen LogP contribution >= 0.6 is 23.2 Å². The summed E-state index contributed by atoms with van der Waals surface area (Å²) in [6, 6.07) is 6.99. The summed E-state index contributed by atoms with van der Waals surface area (Å²) in [4.78, 5) is 38.2. The molecule has 0 aromatic heterocycles. The standard InChI is InChI=1S/C29H27Cl2NO8/c1-4-5-6-7-10-32-28(35)14-8-9-15(29(36)37)16(11-14)21-17-12-19(38-2)24(33)22(30)26(17)40-27-18(21)13-20(39-3)25(34)23(27)31/h8-9,11-13,33H,4-7,10H2,1-3H3,(H,32,35)(H,36,37). The van der Waals surface area contributed by atoms with E-state index in [-0.39, 0.29) is 72.0 Å². The van der Waals surface area contributed by atoms with Crippen LogP contribution in [0.5, 0.6) is 17.2 Å². The number of hydrogen-bond acceptors (Lipinski definition) is 7. The predicted octanol–water partition coefficient (Wildman–Crippen LogP) is 6.60. The number of unbranched alkanes of at least 4 members (excludes halogenated alkanes) is 3. The number of rotatable bonds is 10. The van der Waals surface area contributed by atoms with Crippen LogP contribution in [0.15, 0.2) is 39.5 Å². The molecule has 4 rings (SSSR count). The second-order valence-electron chi connectivity index (χ2n) is 9.08. The van der Waals surface area contributed by atoms with Crippen LogP contribution in [0.2, 0.25) is 10.0 Å². The average Bonchev–Trinajstić information content (AvgIpc) is 2.95. The highest BCUT2D eigenvalue weighted by atomic mass is 35.5. The summed E-state index contributed by atoms with van der Waals surface area (Å²) in [5.74, 6) is -2.29. The van der Waals surface area contributed by atoms with Crippen molar-refractivity contribution in [1.29, 1.82) is 0 Å². The van der Waals surface area contributed by atoms with E-state index < -0.39 is 17.1 Å². The van der Waals surface area contributed by atoms with Crippen LogP contribution in [0.3, 0.4) is 0 Å². The minimum absolute atomic E-state index is 0.00958. The van der Waals surface area contributed by atoms with Gasteiger partial charge in [0.05, 0.1) is 19.8 Å². The highest BCUT2D eigenvalue weighted by Crippen LogP contribution is 2.50. The Morgan fingerprint density at radius 3 is 2.35 bits per heavy atom. The third-order valence-corrected chi connectivity index (χ3v) is 7.28. The van der Waals surface area contributed by atoms with Crippen molar-refractivity contribution in [3.8, 4) is 39.7 Å². The van der Waals surface area contributed by atoms with Gasteiger partial charge in [0.25, 0.3) is 5.91 Å². The van der Waals surface area contributed by atoms with E-state index >= 15 is 0 Å². The topological polar surface area (TPSA) is 135 Å². The van der Waals surface area contributed by atoms with Crippen molar-refractivity contribution in [2.24, 2.45) is 0 Å². The fourth-order valence-electron chi connectivity index (χ4n) is 4.54. The second-order valence-corrected chi connectivity index (χ2v) is 9.83. The number of carbonyl (C=O) groups is 2. The number of ether oxygens (including phenoxy) is 2. The lowest BCUT2D eigenvalue weighted by atomic mass is 9.89. The van der Waals surface area contributed by atoms with Crippen molar-refractivity contribution in [3.63, 3.8) is 0 Å². The lowest BCUT2D eigenvalue weighted by molar-refractivity contribution is 0.0697. The molecule has 0 spiro atoms. The maximum atomic E-state index is 13.0. The molecule has 1 heterocycles. The van der Waals surface area contributed by atoms with Crippen molar-refractivity contribution < 1.29 is 33.7 Å². The summed E-state index contributed by atoms with van der Waals surface area (Å²) in [5, 5.41) is 23.2. The molecule has 2 aromatic carbocycles. The van der Waals surface area contributed by atoms with Crippen molar-refractivity contribution in [1.82, 2.24) is 5.32 Å². The number of carbonyl (C=O) groups excluding carboxylic acids is 1. The number of aromatic hydroxyl groups is 1. The van der Waals surface area contributed by atoms with Gasteiger partial charge >= 0.3 is 5.97 Å². The molecule has 0 saturated heterocycles. The van der Waals surface area contributed by atoms with Crippen LogP contribution in [-0.4, -0.2) is 42.9 Å². The van der Waals surface area contributed by atoms with Gasteiger partial charge in [-0.15, -0.1) is 0 Å². The quantitative estimate of drug-likeness (QED) is 0.139. The molecule has 1 amide bonds. The number of nitrogens with one attached hydrogen (secondary N) is 1. The number of hydrogen-bond donors (Lipinski definition) is 3. The maximum Gasteiger partial charge on any atom is 0.336 e. The predicted molar refractivity (Wildman–Crippen MR) is 153 cm³/mol. The van der Waals surface area contributed by atoms with Crippen molar-refractivity contribution in [2.45, 2.75) is 32.6 Å². The van der Waals surface area contributed by atoms with Gasteiger partial charge in [-0.05, 0) is 42.3 Å². The van der Waals surface area contributed by atoms with Gasteiger partial charge in [-0.3, -0.25) is 9.59 Å².